The Morgan fingerprint density at radius 2 is 2.23 bits per heavy atom. The van der Waals surface area contributed by atoms with Crippen molar-refractivity contribution in [1.82, 2.24) is 15.1 Å². The molecule has 0 atom stereocenters. The highest BCUT2D eigenvalue weighted by molar-refractivity contribution is 6.29. The van der Waals surface area contributed by atoms with E-state index in [1.807, 2.05) is 6.07 Å². The van der Waals surface area contributed by atoms with Crippen molar-refractivity contribution in [3.8, 4) is 0 Å². The molecule has 2 rings (SSSR count). The zero-order chi connectivity index (χ0) is 9.10. The number of hydrogen-bond acceptors (Lipinski definition) is 4. The summed E-state index contributed by atoms with van der Waals surface area (Å²) in [6, 6.07) is 3.56. The fourth-order valence-electron chi connectivity index (χ4n) is 1.05. The summed E-state index contributed by atoms with van der Waals surface area (Å²) in [6.07, 6.45) is 0. The molecule has 1 aliphatic heterocycles. The van der Waals surface area contributed by atoms with E-state index in [0.717, 1.165) is 18.9 Å². The second kappa shape index (κ2) is 3.89. The number of halogens is 1. The molecular weight excluding hydrogens is 188 g/mol. The van der Waals surface area contributed by atoms with Crippen molar-refractivity contribution in [3.05, 3.63) is 17.3 Å². The predicted molar refractivity (Wildman–Crippen MR) is 52.0 cm³/mol. The van der Waals surface area contributed by atoms with Crippen molar-refractivity contribution < 1.29 is 0 Å². The first-order chi connectivity index (χ1) is 6.34. The van der Waals surface area contributed by atoms with Crippen LogP contribution in [0.4, 0.5) is 5.82 Å². The highest BCUT2D eigenvalue weighted by atomic mass is 35.5. The second-order valence-electron chi connectivity index (χ2n) is 3.01. The maximum Gasteiger partial charge on any atom is 0.151 e. The molecule has 1 saturated heterocycles. The molecule has 0 unspecified atom stereocenters. The van der Waals surface area contributed by atoms with E-state index in [1.54, 1.807) is 6.07 Å². The van der Waals surface area contributed by atoms with Crippen LogP contribution in [0.3, 0.4) is 0 Å². The molecule has 0 bridgehead atoms. The molecular formula is C8H11ClN4. The first-order valence-corrected chi connectivity index (χ1v) is 4.68. The first kappa shape index (κ1) is 8.72. The molecule has 0 aliphatic carbocycles. The number of nitrogens with zero attached hydrogens (tertiary/aromatic N) is 3. The molecule has 0 saturated carbocycles. The molecule has 2 heterocycles. The fraction of sp³-hybridized carbons (Fsp3) is 0.500. The zero-order valence-corrected chi connectivity index (χ0v) is 7.96. The third kappa shape index (κ3) is 2.82. The number of rotatable bonds is 4. The minimum Gasteiger partial charge on any atom is -0.367 e. The number of nitrogens with one attached hydrogen (secondary N) is 1. The van der Waals surface area contributed by atoms with E-state index in [9.17, 15) is 0 Å². The molecule has 70 valence electrons. The van der Waals surface area contributed by atoms with E-state index in [2.05, 4.69) is 20.4 Å². The largest absolute Gasteiger partial charge is 0.367 e. The average Bonchev–Trinajstić information content (AvgIpc) is 2.92. The Kier molecular flexibility index (Phi) is 2.61. The van der Waals surface area contributed by atoms with Gasteiger partial charge < -0.3 is 5.32 Å². The SMILES string of the molecule is Clc1ccc(NCCN2CC2)nn1. The Balaban J connectivity index is 1.76. The molecule has 1 aromatic rings. The summed E-state index contributed by atoms with van der Waals surface area (Å²) >= 11 is 5.60. The van der Waals surface area contributed by atoms with Gasteiger partial charge in [0.15, 0.2) is 5.15 Å². The average molecular weight is 199 g/mol. The van der Waals surface area contributed by atoms with Crippen molar-refractivity contribution in [1.29, 1.82) is 0 Å². The molecule has 0 amide bonds. The summed E-state index contributed by atoms with van der Waals surface area (Å²) in [6.45, 7) is 4.45. The maximum atomic E-state index is 5.60. The monoisotopic (exact) mass is 198 g/mol. The molecule has 0 spiro atoms. The molecule has 13 heavy (non-hydrogen) atoms. The van der Waals surface area contributed by atoms with E-state index in [1.165, 1.54) is 13.1 Å². The van der Waals surface area contributed by atoms with Gasteiger partial charge in [-0.2, -0.15) is 0 Å². The van der Waals surface area contributed by atoms with Crippen LogP contribution in [0.5, 0.6) is 0 Å². The quantitative estimate of drug-likeness (QED) is 0.729. The lowest BCUT2D eigenvalue weighted by Gasteiger charge is -2.03. The third-order valence-electron chi connectivity index (χ3n) is 1.91. The van der Waals surface area contributed by atoms with Crippen LogP contribution in [0.1, 0.15) is 0 Å². The zero-order valence-electron chi connectivity index (χ0n) is 7.20. The van der Waals surface area contributed by atoms with Crippen LogP contribution in [-0.2, 0) is 0 Å². The van der Waals surface area contributed by atoms with Gasteiger partial charge in [0.25, 0.3) is 0 Å². The molecule has 1 aliphatic rings. The second-order valence-corrected chi connectivity index (χ2v) is 3.40. The van der Waals surface area contributed by atoms with Crippen molar-refractivity contribution >= 4 is 17.4 Å². The van der Waals surface area contributed by atoms with Crippen LogP contribution in [0.15, 0.2) is 12.1 Å². The lowest BCUT2D eigenvalue weighted by Crippen LogP contribution is -2.13. The topological polar surface area (TPSA) is 40.8 Å². The van der Waals surface area contributed by atoms with Gasteiger partial charge in [0.2, 0.25) is 0 Å². The van der Waals surface area contributed by atoms with E-state index >= 15 is 0 Å². The van der Waals surface area contributed by atoms with Gasteiger partial charge in [-0.05, 0) is 12.1 Å². The van der Waals surface area contributed by atoms with Gasteiger partial charge in [0.1, 0.15) is 5.82 Å². The van der Waals surface area contributed by atoms with Gasteiger partial charge in [-0.3, -0.25) is 4.90 Å². The molecule has 0 radical (unpaired) electrons. The summed E-state index contributed by atoms with van der Waals surface area (Å²) in [7, 11) is 0. The normalized spacial score (nSPS) is 15.8. The third-order valence-corrected chi connectivity index (χ3v) is 2.11. The van der Waals surface area contributed by atoms with Crippen molar-refractivity contribution in [2.45, 2.75) is 0 Å². The van der Waals surface area contributed by atoms with E-state index < -0.39 is 0 Å². The van der Waals surface area contributed by atoms with Crippen molar-refractivity contribution in [3.63, 3.8) is 0 Å². The van der Waals surface area contributed by atoms with Crippen LogP contribution in [-0.4, -0.2) is 41.3 Å². The van der Waals surface area contributed by atoms with Crippen molar-refractivity contribution in [2.75, 3.05) is 31.5 Å². The maximum absolute atomic E-state index is 5.60. The van der Waals surface area contributed by atoms with Crippen LogP contribution in [0, 0.1) is 0 Å². The molecule has 4 nitrogen and oxygen atoms in total. The Bertz CT molecular complexity index is 270. The molecule has 0 aromatic carbocycles. The first-order valence-electron chi connectivity index (χ1n) is 4.30. The van der Waals surface area contributed by atoms with Gasteiger partial charge in [-0.15, -0.1) is 10.2 Å². The highest BCUT2D eigenvalue weighted by Gasteiger charge is 2.15. The summed E-state index contributed by atoms with van der Waals surface area (Å²) in [5, 5.41) is 11.2. The Morgan fingerprint density at radius 1 is 1.38 bits per heavy atom. The summed E-state index contributed by atoms with van der Waals surface area (Å²) in [5.74, 6) is 0.784. The smallest absolute Gasteiger partial charge is 0.151 e. The minimum absolute atomic E-state index is 0.427. The lowest BCUT2D eigenvalue weighted by molar-refractivity contribution is 0.578. The highest BCUT2D eigenvalue weighted by Crippen LogP contribution is 2.06. The van der Waals surface area contributed by atoms with E-state index in [0.29, 0.717) is 5.15 Å². The Labute approximate surface area is 81.9 Å². The molecule has 1 N–H and O–H groups in total. The number of aromatic nitrogens is 2. The van der Waals surface area contributed by atoms with Crippen LogP contribution < -0.4 is 5.32 Å². The molecule has 1 aromatic heterocycles. The summed E-state index contributed by atoms with van der Waals surface area (Å²) in [5.41, 5.74) is 0. The number of hydrogen-bond donors (Lipinski definition) is 1. The van der Waals surface area contributed by atoms with Gasteiger partial charge in [0, 0.05) is 26.2 Å². The lowest BCUT2D eigenvalue weighted by atomic mass is 10.5. The van der Waals surface area contributed by atoms with Crippen LogP contribution in [0.25, 0.3) is 0 Å². The summed E-state index contributed by atoms with van der Waals surface area (Å²) in [4.78, 5) is 2.34. The molecule has 1 fully saturated rings. The Hall–Kier alpha value is -0.870. The van der Waals surface area contributed by atoms with Crippen LogP contribution in [0.2, 0.25) is 5.15 Å². The van der Waals surface area contributed by atoms with Gasteiger partial charge in [0.05, 0.1) is 0 Å². The van der Waals surface area contributed by atoms with Gasteiger partial charge in [-0.25, -0.2) is 0 Å². The molecule has 5 heteroatoms. The van der Waals surface area contributed by atoms with E-state index in [-0.39, 0.29) is 0 Å². The summed E-state index contributed by atoms with van der Waals surface area (Å²) < 4.78 is 0. The van der Waals surface area contributed by atoms with Crippen molar-refractivity contribution in [2.24, 2.45) is 0 Å². The fourth-order valence-corrected chi connectivity index (χ4v) is 1.15. The van der Waals surface area contributed by atoms with Gasteiger partial charge in [-0.1, -0.05) is 11.6 Å². The number of anilines is 1. The predicted octanol–water partition coefficient (Wildman–Crippen LogP) is 0.857. The van der Waals surface area contributed by atoms with Crippen LogP contribution >= 0.6 is 11.6 Å². The minimum atomic E-state index is 0.427. The Morgan fingerprint density at radius 3 is 2.85 bits per heavy atom. The van der Waals surface area contributed by atoms with E-state index in [4.69, 9.17) is 11.6 Å². The standard InChI is InChI=1S/C8H11ClN4/c9-7-1-2-8(12-11-7)10-3-4-13-5-6-13/h1-2H,3-6H2,(H,10,12). The van der Waals surface area contributed by atoms with Gasteiger partial charge >= 0.3 is 0 Å².